The Labute approximate surface area is 159 Å². The first-order valence-electron chi connectivity index (χ1n) is 8.43. The molecule has 1 spiro atoms. The van der Waals surface area contributed by atoms with Gasteiger partial charge in [-0.1, -0.05) is 18.2 Å². The minimum absolute atomic E-state index is 0.0182. The molecule has 6 nitrogen and oxygen atoms in total. The van der Waals surface area contributed by atoms with Crippen LogP contribution in [0.3, 0.4) is 0 Å². The molecule has 0 unspecified atom stereocenters. The number of ether oxygens (including phenoxy) is 1. The van der Waals surface area contributed by atoms with Crippen LogP contribution in [0.25, 0.3) is 10.8 Å². The van der Waals surface area contributed by atoms with Crippen molar-refractivity contribution in [2.45, 2.75) is 12.4 Å². The number of aryl methyl sites for hydroxylation is 1. The third-order valence-electron chi connectivity index (χ3n) is 5.08. The van der Waals surface area contributed by atoms with Gasteiger partial charge in [0.15, 0.2) is 5.75 Å². The van der Waals surface area contributed by atoms with E-state index in [4.69, 9.17) is 4.74 Å². The number of fused-ring (bicyclic) bond motifs is 1. The topological polar surface area (TPSA) is 72.9 Å². The number of amides is 1. The number of benzene rings is 2. The fourth-order valence-corrected chi connectivity index (χ4v) is 4.11. The lowest BCUT2D eigenvalue weighted by Crippen LogP contribution is -2.67. The molecule has 0 aromatic heterocycles. The van der Waals surface area contributed by atoms with E-state index in [0.29, 0.717) is 42.8 Å². The van der Waals surface area contributed by atoms with Crippen LogP contribution in [-0.2, 0) is 14.9 Å². The molecule has 10 heteroatoms. The first-order valence-corrected chi connectivity index (χ1v) is 9.84. The zero-order chi connectivity index (χ0) is 20.3. The maximum atomic E-state index is 12.9. The van der Waals surface area contributed by atoms with Crippen molar-refractivity contribution in [1.82, 2.24) is 4.90 Å². The highest BCUT2D eigenvalue weighted by Gasteiger charge is 2.51. The SMILES string of the molecule is Cc1cccc2c(OS(=O)(=O)C(F)(F)F)ccc(C(=O)N3CC4(COC4)C3)c12. The second-order valence-corrected chi connectivity index (χ2v) is 8.78. The molecule has 0 radical (unpaired) electrons. The molecule has 0 bridgehead atoms. The van der Waals surface area contributed by atoms with Crippen molar-refractivity contribution < 1.29 is 35.3 Å². The summed E-state index contributed by atoms with van der Waals surface area (Å²) < 4.78 is 70.4. The minimum atomic E-state index is -5.82. The summed E-state index contributed by atoms with van der Waals surface area (Å²) in [4.78, 5) is 14.6. The Bertz CT molecular complexity index is 1070. The number of hydrogen-bond acceptors (Lipinski definition) is 5. The number of halogens is 3. The van der Waals surface area contributed by atoms with Gasteiger partial charge < -0.3 is 13.8 Å². The molecule has 2 aliphatic rings. The summed E-state index contributed by atoms with van der Waals surface area (Å²) in [6.45, 7) is 4.02. The van der Waals surface area contributed by atoms with Gasteiger partial charge >= 0.3 is 15.6 Å². The predicted molar refractivity (Wildman–Crippen MR) is 93.4 cm³/mol. The minimum Gasteiger partial charge on any atom is -0.380 e. The molecular formula is C18H16F3NO5S. The lowest BCUT2D eigenvalue weighted by atomic mass is 9.77. The van der Waals surface area contributed by atoms with E-state index in [1.165, 1.54) is 12.1 Å². The van der Waals surface area contributed by atoms with Crippen LogP contribution in [0.5, 0.6) is 5.75 Å². The summed E-state index contributed by atoms with van der Waals surface area (Å²) in [6, 6.07) is 7.07. The van der Waals surface area contributed by atoms with Gasteiger partial charge in [0, 0.05) is 29.4 Å². The Morgan fingerprint density at radius 1 is 1.18 bits per heavy atom. The molecule has 2 fully saturated rings. The maximum absolute atomic E-state index is 12.9. The average molecular weight is 415 g/mol. The number of carbonyl (C=O) groups excluding carboxylic acids is 1. The van der Waals surface area contributed by atoms with E-state index in [9.17, 15) is 26.4 Å². The number of nitrogens with zero attached hydrogens (tertiary/aromatic N) is 1. The molecule has 0 N–H and O–H groups in total. The molecule has 28 heavy (non-hydrogen) atoms. The van der Waals surface area contributed by atoms with Gasteiger partial charge in [-0.25, -0.2) is 0 Å². The standard InChI is InChI=1S/C18H16F3NO5S/c1-11-3-2-4-12-14(27-28(24,25)18(19,20)21)6-5-13(15(11)12)16(23)22-7-17(8-22)9-26-10-17/h2-6H,7-10H2,1H3. The van der Waals surface area contributed by atoms with E-state index < -0.39 is 21.4 Å². The molecule has 1 amide bonds. The van der Waals surface area contributed by atoms with E-state index in [-0.39, 0.29) is 16.7 Å². The zero-order valence-electron chi connectivity index (χ0n) is 14.7. The molecule has 2 saturated heterocycles. The van der Waals surface area contributed by atoms with Gasteiger partial charge in [-0.2, -0.15) is 21.6 Å². The molecule has 2 aliphatic heterocycles. The number of hydrogen-bond donors (Lipinski definition) is 0. The monoisotopic (exact) mass is 415 g/mol. The predicted octanol–water partition coefficient (Wildman–Crippen LogP) is 2.85. The fraction of sp³-hybridized carbons (Fsp3) is 0.389. The van der Waals surface area contributed by atoms with Crippen molar-refractivity contribution >= 4 is 26.8 Å². The van der Waals surface area contributed by atoms with Gasteiger partial charge in [-0.05, 0) is 24.6 Å². The Kier molecular flexibility index (Phi) is 4.13. The maximum Gasteiger partial charge on any atom is 0.534 e. The molecule has 0 atom stereocenters. The molecular weight excluding hydrogens is 399 g/mol. The summed E-state index contributed by atoms with van der Waals surface area (Å²) >= 11 is 0. The smallest absolute Gasteiger partial charge is 0.380 e. The van der Waals surface area contributed by atoms with Gasteiger partial charge in [-0.15, -0.1) is 0 Å². The van der Waals surface area contributed by atoms with Crippen molar-refractivity contribution in [1.29, 1.82) is 0 Å². The van der Waals surface area contributed by atoms with Crippen LogP contribution >= 0.6 is 0 Å². The largest absolute Gasteiger partial charge is 0.534 e. The Hall–Kier alpha value is -2.33. The summed E-state index contributed by atoms with van der Waals surface area (Å²) in [6.07, 6.45) is 0. The van der Waals surface area contributed by atoms with Crippen molar-refractivity contribution in [3.8, 4) is 5.75 Å². The van der Waals surface area contributed by atoms with Gasteiger partial charge in [0.25, 0.3) is 5.91 Å². The molecule has 2 heterocycles. The van der Waals surface area contributed by atoms with Crippen LogP contribution in [0.4, 0.5) is 13.2 Å². The van der Waals surface area contributed by atoms with Gasteiger partial charge in [-0.3, -0.25) is 4.79 Å². The van der Waals surface area contributed by atoms with Crippen LogP contribution in [-0.4, -0.2) is 51.0 Å². The normalized spacial score (nSPS) is 18.6. The van der Waals surface area contributed by atoms with Crippen LogP contribution < -0.4 is 4.18 Å². The molecule has 0 aliphatic carbocycles. The summed E-state index contributed by atoms with van der Waals surface area (Å²) in [5, 5.41) is 0.495. The molecule has 0 saturated carbocycles. The highest BCUT2D eigenvalue weighted by Crippen LogP contribution is 2.40. The number of carbonyl (C=O) groups is 1. The third kappa shape index (κ3) is 2.91. The third-order valence-corrected chi connectivity index (χ3v) is 6.04. The second kappa shape index (κ2) is 6.08. The Balaban J connectivity index is 1.73. The quantitative estimate of drug-likeness (QED) is 0.570. The number of rotatable bonds is 3. The first-order chi connectivity index (χ1) is 13.0. The van der Waals surface area contributed by atoms with E-state index in [2.05, 4.69) is 4.18 Å². The summed E-state index contributed by atoms with van der Waals surface area (Å²) in [5.74, 6) is -0.734. The van der Waals surface area contributed by atoms with Crippen LogP contribution in [0.2, 0.25) is 0 Å². The summed E-state index contributed by atoms with van der Waals surface area (Å²) in [7, 11) is -5.82. The lowest BCUT2D eigenvalue weighted by Gasteiger charge is -2.55. The number of alkyl halides is 3. The average Bonchev–Trinajstić information content (AvgIpc) is 2.51. The van der Waals surface area contributed by atoms with Gasteiger partial charge in [0.1, 0.15) is 0 Å². The lowest BCUT2D eigenvalue weighted by molar-refractivity contribution is -0.176. The van der Waals surface area contributed by atoms with E-state index in [0.717, 1.165) is 6.07 Å². The van der Waals surface area contributed by atoms with Crippen molar-refractivity contribution in [2.24, 2.45) is 5.41 Å². The van der Waals surface area contributed by atoms with Crippen molar-refractivity contribution in [3.05, 3.63) is 41.5 Å². The molecule has 2 aromatic rings. The second-order valence-electron chi connectivity index (χ2n) is 7.25. The van der Waals surface area contributed by atoms with Crippen molar-refractivity contribution in [3.63, 3.8) is 0 Å². The van der Waals surface area contributed by atoms with E-state index in [1.54, 1.807) is 24.0 Å². The van der Waals surface area contributed by atoms with Crippen molar-refractivity contribution in [2.75, 3.05) is 26.3 Å². The highest BCUT2D eigenvalue weighted by atomic mass is 32.2. The Morgan fingerprint density at radius 3 is 2.43 bits per heavy atom. The van der Waals surface area contributed by atoms with Crippen LogP contribution in [0.15, 0.2) is 30.3 Å². The van der Waals surface area contributed by atoms with Crippen LogP contribution in [0, 0.1) is 12.3 Å². The molecule has 150 valence electrons. The fourth-order valence-electron chi connectivity index (χ4n) is 3.63. The van der Waals surface area contributed by atoms with Crippen LogP contribution in [0.1, 0.15) is 15.9 Å². The van der Waals surface area contributed by atoms with E-state index >= 15 is 0 Å². The van der Waals surface area contributed by atoms with Gasteiger partial charge in [0.05, 0.1) is 18.6 Å². The first kappa shape index (κ1) is 19.0. The zero-order valence-corrected chi connectivity index (χ0v) is 15.6. The number of likely N-dealkylation sites (tertiary alicyclic amines) is 1. The van der Waals surface area contributed by atoms with E-state index in [1.807, 2.05) is 0 Å². The Morgan fingerprint density at radius 2 is 1.86 bits per heavy atom. The van der Waals surface area contributed by atoms with Gasteiger partial charge in [0.2, 0.25) is 0 Å². The highest BCUT2D eigenvalue weighted by molar-refractivity contribution is 7.88. The summed E-state index contributed by atoms with van der Waals surface area (Å²) in [5.41, 5.74) is -4.61. The molecule has 4 rings (SSSR count). The molecule has 2 aromatic carbocycles.